The van der Waals surface area contributed by atoms with E-state index in [0.717, 1.165) is 12.8 Å². The Bertz CT molecular complexity index is 310. The number of hydrogen-bond donors (Lipinski definition) is 0. The van der Waals surface area contributed by atoms with Crippen LogP contribution in [0, 0.1) is 11.3 Å². The molecule has 2 saturated heterocycles. The highest BCUT2D eigenvalue weighted by molar-refractivity contribution is 4.82. The standard InChI is InChI=1S/C15H26O5/c1-4-7-16-10-14(6-3)11-19-15(20-12-14)17-8-13(5-2)9-18-15/h4,7,13H,5-6,8-12H2,1-3H3/b7-4+. The molecule has 2 heterocycles. The lowest BCUT2D eigenvalue weighted by Gasteiger charge is -2.46. The third-order valence-corrected chi connectivity index (χ3v) is 4.05. The number of allylic oxidation sites excluding steroid dienone is 1. The minimum atomic E-state index is -1.29. The van der Waals surface area contributed by atoms with Gasteiger partial charge in [-0.2, -0.15) is 0 Å². The summed E-state index contributed by atoms with van der Waals surface area (Å²) in [6, 6.07) is 0. The van der Waals surface area contributed by atoms with E-state index in [-0.39, 0.29) is 5.41 Å². The van der Waals surface area contributed by atoms with Crippen molar-refractivity contribution >= 4 is 0 Å². The summed E-state index contributed by atoms with van der Waals surface area (Å²) in [6.45, 7) is 8.99. The maximum Gasteiger partial charge on any atom is 0.412 e. The summed E-state index contributed by atoms with van der Waals surface area (Å²) in [5.74, 6) is 0.420. The van der Waals surface area contributed by atoms with E-state index in [9.17, 15) is 0 Å². The van der Waals surface area contributed by atoms with Crippen molar-refractivity contribution in [1.29, 1.82) is 0 Å². The Morgan fingerprint density at radius 2 is 1.75 bits per heavy atom. The maximum atomic E-state index is 5.77. The van der Waals surface area contributed by atoms with Crippen molar-refractivity contribution in [3.8, 4) is 0 Å². The first-order valence-corrected chi connectivity index (χ1v) is 7.46. The van der Waals surface area contributed by atoms with Crippen LogP contribution in [0.25, 0.3) is 0 Å². The molecule has 2 aliphatic heterocycles. The smallest absolute Gasteiger partial charge is 0.412 e. The van der Waals surface area contributed by atoms with Crippen molar-refractivity contribution < 1.29 is 23.7 Å². The van der Waals surface area contributed by atoms with Crippen LogP contribution in [0.5, 0.6) is 0 Å². The summed E-state index contributed by atoms with van der Waals surface area (Å²) in [5, 5.41) is 0. The predicted octanol–water partition coefficient (Wildman–Crippen LogP) is 2.66. The van der Waals surface area contributed by atoms with E-state index < -0.39 is 6.16 Å². The zero-order valence-corrected chi connectivity index (χ0v) is 12.7. The van der Waals surface area contributed by atoms with Crippen molar-refractivity contribution in [2.24, 2.45) is 11.3 Å². The lowest BCUT2D eigenvalue weighted by Crippen LogP contribution is -2.56. The van der Waals surface area contributed by atoms with Crippen molar-refractivity contribution in [3.05, 3.63) is 12.3 Å². The van der Waals surface area contributed by atoms with Gasteiger partial charge < -0.3 is 23.7 Å². The molecule has 5 nitrogen and oxygen atoms in total. The quantitative estimate of drug-likeness (QED) is 0.727. The monoisotopic (exact) mass is 286 g/mol. The van der Waals surface area contributed by atoms with Gasteiger partial charge in [-0.1, -0.05) is 19.9 Å². The van der Waals surface area contributed by atoms with Crippen molar-refractivity contribution in [3.63, 3.8) is 0 Å². The topological polar surface area (TPSA) is 46.2 Å². The molecule has 1 spiro atoms. The largest absolute Gasteiger partial charge is 0.501 e. The first kappa shape index (κ1) is 15.8. The molecule has 2 rings (SSSR count). The Hall–Kier alpha value is -0.620. The summed E-state index contributed by atoms with van der Waals surface area (Å²) in [7, 11) is 0. The molecular weight excluding hydrogens is 260 g/mol. The van der Waals surface area contributed by atoms with Crippen LogP contribution in [0.3, 0.4) is 0 Å². The van der Waals surface area contributed by atoms with Crippen LogP contribution < -0.4 is 0 Å². The van der Waals surface area contributed by atoms with Crippen molar-refractivity contribution in [2.75, 3.05) is 33.0 Å². The van der Waals surface area contributed by atoms with Gasteiger partial charge in [0.25, 0.3) is 0 Å². The van der Waals surface area contributed by atoms with Gasteiger partial charge in [-0.15, -0.1) is 0 Å². The van der Waals surface area contributed by atoms with E-state index in [1.165, 1.54) is 0 Å². The molecule has 0 aromatic rings. The highest BCUT2D eigenvalue weighted by Crippen LogP contribution is 2.36. The molecule has 0 aromatic carbocycles. The molecule has 0 N–H and O–H groups in total. The van der Waals surface area contributed by atoms with Gasteiger partial charge in [0.2, 0.25) is 0 Å². The molecule has 0 radical (unpaired) electrons. The molecule has 0 saturated carbocycles. The van der Waals surface area contributed by atoms with E-state index in [4.69, 9.17) is 23.7 Å². The van der Waals surface area contributed by atoms with Crippen LogP contribution in [0.4, 0.5) is 0 Å². The average Bonchev–Trinajstić information content (AvgIpc) is 2.51. The van der Waals surface area contributed by atoms with Gasteiger partial charge in [0, 0.05) is 5.92 Å². The molecule has 0 bridgehead atoms. The normalized spacial score (nSPS) is 38.5. The highest BCUT2D eigenvalue weighted by atomic mass is 17.0. The number of hydrogen-bond acceptors (Lipinski definition) is 5. The molecule has 116 valence electrons. The summed E-state index contributed by atoms with van der Waals surface area (Å²) in [5.41, 5.74) is -0.140. The van der Waals surface area contributed by atoms with E-state index >= 15 is 0 Å². The third-order valence-electron chi connectivity index (χ3n) is 4.05. The fraction of sp³-hybridized carbons (Fsp3) is 0.867. The van der Waals surface area contributed by atoms with Crippen molar-refractivity contribution in [2.45, 2.75) is 39.8 Å². The third kappa shape index (κ3) is 3.52. The highest BCUT2D eigenvalue weighted by Gasteiger charge is 2.49. The average molecular weight is 286 g/mol. The van der Waals surface area contributed by atoms with Crippen LogP contribution in [-0.2, 0) is 23.7 Å². The van der Waals surface area contributed by atoms with Gasteiger partial charge in [0.1, 0.15) is 0 Å². The van der Waals surface area contributed by atoms with Crippen LogP contribution in [0.1, 0.15) is 33.6 Å². The molecule has 20 heavy (non-hydrogen) atoms. The molecule has 0 unspecified atom stereocenters. The Labute approximate surface area is 121 Å². The summed E-state index contributed by atoms with van der Waals surface area (Å²) in [4.78, 5) is 0. The SMILES string of the molecule is C/C=C/OCC1(CC)COC2(OCC(CC)CO2)OC1. The van der Waals surface area contributed by atoms with Gasteiger partial charge in [-0.25, -0.2) is 0 Å². The molecule has 0 aromatic heterocycles. The molecule has 0 atom stereocenters. The van der Waals surface area contributed by atoms with E-state index in [2.05, 4.69) is 13.8 Å². The minimum Gasteiger partial charge on any atom is -0.501 e. The fourth-order valence-electron chi connectivity index (χ4n) is 2.21. The first-order valence-electron chi connectivity index (χ1n) is 7.46. The van der Waals surface area contributed by atoms with E-state index in [0.29, 0.717) is 39.0 Å². The molecule has 0 aliphatic carbocycles. The fourth-order valence-corrected chi connectivity index (χ4v) is 2.21. The second-order valence-corrected chi connectivity index (χ2v) is 5.61. The van der Waals surface area contributed by atoms with Gasteiger partial charge in [-0.3, -0.25) is 0 Å². The van der Waals surface area contributed by atoms with Crippen LogP contribution in [-0.4, -0.2) is 39.2 Å². The zero-order valence-electron chi connectivity index (χ0n) is 12.7. The summed E-state index contributed by atoms with van der Waals surface area (Å²) in [6.07, 6.45) is 4.23. The second-order valence-electron chi connectivity index (χ2n) is 5.61. The minimum absolute atomic E-state index is 0.140. The van der Waals surface area contributed by atoms with Crippen LogP contribution in [0.2, 0.25) is 0 Å². The number of rotatable bonds is 5. The van der Waals surface area contributed by atoms with Gasteiger partial charge in [-0.05, 0) is 19.8 Å². The first-order chi connectivity index (χ1) is 9.67. The molecule has 2 aliphatic rings. The Morgan fingerprint density at radius 3 is 2.25 bits per heavy atom. The Balaban J connectivity index is 1.87. The Kier molecular flexibility index (Phi) is 5.43. The van der Waals surface area contributed by atoms with Crippen LogP contribution in [0.15, 0.2) is 12.3 Å². The van der Waals surface area contributed by atoms with Crippen LogP contribution >= 0.6 is 0 Å². The predicted molar refractivity (Wildman–Crippen MR) is 73.8 cm³/mol. The second kappa shape index (κ2) is 6.89. The van der Waals surface area contributed by atoms with Gasteiger partial charge in [0.15, 0.2) is 0 Å². The lowest BCUT2D eigenvalue weighted by molar-refractivity contribution is -0.542. The maximum absolute atomic E-state index is 5.77. The lowest BCUT2D eigenvalue weighted by atomic mass is 9.87. The van der Waals surface area contributed by atoms with E-state index in [1.54, 1.807) is 6.26 Å². The number of ether oxygens (including phenoxy) is 5. The summed E-state index contributed by atoms with van der Waals surface area (Å²) >= 11 is 0. The molecular formula is C15H26O5. The Morgan fingerprint density at radius 1 is 1.10 bits per heavy atom. The van der Waals surface area contributed by atoms with E-state index in [1.807, 2.05) is 13.0 Å². The molecule has 5 heteroatoms. The van der Waals surface area contributed by atoms with Gasteiger partial charge in [0.05, 0.1) is 44.7 Å². The molecule has 2 fully saturated rings. The summed E-state index contributed by atoms with van der Waals surface area (Å²) < 4.78 is 28.3. The molecule has 0 amide bonds. The van der Waals surface area contributed by atoms with Gasteiger partial charge >= 0.3 is 6.16 Å². The zero-order chi connectivity index (χ0) is 14.5. The van der Waals surface area contributed by atoms with Crippen molar-refractivity contribution in [1.82, 2.24) is 0 Å².